The van der Waals surface area contributed by atoms with Gasteiger partial charge in [-0.25, -0.2) is 0 Å². The minimum Gasteiger partial charge on any atom is -0.314 e. The highest BCUT2D eigenvalue weighted by atomic mass is 14.9. The van der Waals surface area contributed by atoms with Crippen molar-refractivity contribution in [3.8, 4) is 0 Å². The van der Waals surface area contributed by atoms with E-state index in [1.807, 2.05) is 0 Å². The average Bonchev–Trinajstić information content (AvgIpc) is 2.21. The van der Waals surface area contributed by atoms with Crippen LogP contribution in [0.5, 0.6) is 0 Å². The SMILES string of the molecule is [CH2]CC(CCCCCCCC)NCC. The van der Waals surface area contributed by atoms with Gasteiger partial charge in [0, 0.05) is 6.04 Å². The molecule has 0 aliphatic carbocycles. The summed E-state index contributed by atoms with van der Waals surface area (Å²) in [6.45, 7) is 9.49. The largest absolute Gasteiger partial charge is 0.314 e. The van der Waals surface area contributed by atoms with Crippen LogP contribution in [0.2, 0.25) is 0 Å². The van der Waals surface area contributed by atoms with Gasteiger partial charge in [-0.3, -0.25) is 0 Å². The second kappa shape index (κ2) is 11.0. The Hall–Kier alpha value is -0.0400. The van der Waals surface area contributed by atoms with E-state index < -0.39 is 0 Å². The first-order valence-corrected chi connectivity index (χ1v) is 6.37. The highest BCUT2D eigenvalue weighted by molar-refractivity contribution is 4.66. The molecule has 14 heavy (non-hydrogen) atoms. The van der Waals surface area contributed by atoms with Crippen LogP contribution in [0.25, 0.3) is 0 Å². The Morgan fingerprint density at radius 3 is 2.21 bits per heavy atom. The molecule has 0 amide bonds. The molecule has 0 saturated carbocycles. The topological polar surface area (TPSA) is 12.0 Å². The zero-order chi connectivity index (χ0) is 10.6. The summed E-state index contributed by atoms with van der Waals surface area (Å²) in [5.74, 6) is 0. The summed E-state index contributed by atoms with van der Waals surface area (Å²) in [4.78, 5) is 0. The van der Waals surface area contributed by atoms with E-state index in [-0.39, 0.29) is 0 Å². The van der Waals surface area contributed by atoms with Gasteiger partial charge in [0.15, 0.2) is 0 Å². The fourth-order valence-corrected chi connectivity index (χ4v) is 1.81. The zero-order valence-electron chi connectivity index (χ0n) is 10.1. The van der Waals surface area contributed by atoms with Crippen molar-refractivity contribution >= 4 is 0 Å². The lowest BCUT2D eigenvalue weighted by Crippen LogP contribution is -2.27. The Balaban J connectivity index is 3.15. The van der Waals surface area contributed by atoms with E-state index in [1.165, 1.54) is 44.9 Å². The van der Waals surface area contributed by atoms with E-state index in [9.17, 15) is 0 Å². The van der Waals surface area contributed by atoms with Crippen LogP contribution in [0.1, 0.15) is 65.2 Å². The molecule has 1 radical (unpaired) electrons. The zero-order valence-corrected chi connectivity index (χ0v) is 10.1. The van der Waals surface area contributed by atoms with E-state index in [2.05, 4.69) is 26.1 Å². The Morgan fingerprint density at radius 2 is 1.64 bits per heavy atom. The maximum absolute atomic E-state index is 3.97. The summed E-state index contributed by atoms with van der Waals surface area (Å²) < 4.78 is 0. The van der Waals surface area contributed by atoms with Crippen molar-refractivity contribution in [3.05, 3.63) is 6.92 Å². The molecule has 1 unspecified atom stereocenters. The smallest absolute Gasteiger partial charge is 0.00669 e. The summed E-state index contributed by atoms with van der Waals surface area (Å²) in [5.41, 5.74) is 0. The van der Waals surface area contributed by atoms with Crippen LogP contribution >= 0.6 is 0 Å². The van der Waals surface area contributed by atoms with Crippen molar-refractivity contribution in [1.82, 2.24) is 5.32 Å². The Labute approximate surface area is 90.7 Å². The lowest BCUT2D eigenvalue weighted by atomic mass is 10.0. The van der Waals surface area contributed by atoms with Crippen LogP contribution in [0.15, 0.2) is 0 Å². The Kier molecular flexibility index (Phi) is 11.0. The van der Waals surface area contributed by atoms with Crippen molar-refractivity contribution in [2.45, 2.75) is 71.3 Å². The molecular weight excluding hydrogens is 170 g/mol. The lowest BCUT2D eigenvalue weighted by molar-refractivity contribution is 0.464. The van der Waals surface area contributed by atoms with E-state index in [1.54, 1.807) is 0 Å². The van der Waals surface area contributed by atoms with Gasteiger partial charge in [0.2, 0.25) is 0 Å². The van der Waals surface area contributed by atoms with Crippen LogP contribution in [0.3, 0.4) is 0 Å². The maximum atomic E-state index is 3.97. The third kappa shape index (κ3) is 8.55. The van der Waals surface area contributed by atoms with Crippen molar-refractivity contribution in [3.63, 3.8) is 0 Å². The summed E-state index contributed by atoms with van der Waals surface area (Å²) in [7, 11) is 0. The number of hydrogen-bond acceptors (Lipinski definition) is 1. The van der Waals surface area contributed by atoms with Crippen LogP contribution < -0.4 is 5.32 Å². The summed E-state index contributed by atoms with van der Waals surface area (Å²) in [5, 5.41) is 3.47. The third-order valence-corrected chi connectivity index (χ3v) is 2.75. The van der Waals surface area contributed by atoms with Crippen molar-refractivity contribution in [2.24, 2.45) is 0 Å². The van der Waals surface area contributed by atoms with Crippen LogP contribution in [0, 0.1) is 6.92 Å². The fourth-order valence-electron chi connectivity index (χ4n) is 1.81. The highest BCUT2D eigenvalue weighted by Crippen LogP contribution is 2.09. The van der Waals surface area contributed by atoms with Crippen molar-refractivity contribution in [1.29, 1.82) is 0 Å². The van der Waals surface area contributed by atoms with Gasteiger partial charge in [0.25, 0.3) is 0 Å². The van der Waals surface area contributed by atoms with Gasteiger partial charge < -0.3 is 5.32 Å². The minimum atomic E-state index is 0.658. The number of hydrogen-bond donors (Lipinski definition) is 1. The lowest BCUT2D eigenvalue weighted by Gasteiger charge is -2.15. The predicted molar refractivity (Wildman–Crippen MR) is 65.4 cm³/mol. The van der Waals surface area contributed by atoms with Crippen LogP contribution in [-0.2, 0) is 0 Å². The fraction of sp³-hybridized carbons (Fsp3) is 0.923. The molecule has 1 heteroatoms. The minimum absolute atomic E-state index is 0.658. The predicted octanol–water partition coefficient (Wildman–Crippen LogP) is 3.94. The van der Waals surface area contributed by atoms with Gasteiger partial charge in [-0.2, -0.15) is 0 Å². The molecule has 0 aromatic heterocycles. The van der Waals surface area contributed by atoms with E-state index in [0.29, 0.717) is 6.04 Å². The van der Waals surface area contributed by atoms with Crippen LogP contribution in [-0.4, -0.2) is 12.6 Å². The molecular formula is C13H28N. The molecule has 0 saturated heterocycles. The van der Waals surface area contributed by atoms with Gasteiger partial charge in [-0.15, -0.1) is 0 Å². The highest BCUT2D eigenvalue weighted by Gasteiger charge is 2.02. The molecule has 0 aliphatic heterocycles. The van der Waals surface area contributed by atoms with Crippen molar-refractivity contribution < 1.29 is 0 Å². The van der Waals surface area contributed by atoms with E-state index in [0.717, 1.165) is 13.0 Å². The molecule has 0 spiro atoms. The number of rotatable bonds is 10. The van der Waals surface area contributed by atoms with Gasteiger partial charge in [0.05, 0.1) is 0 Å². The molecule has 0 aromatic carbocycles. The molecule has 1 nitrogen and oxygen atoms in total. The molecule has 85 valence electrons. The number of unbranched alkanes of at least 4 members (excludes halogenated alkanes) is 5. The van der Waals surface area contributed by atoms with Gasteiger partial charge in [0.1, 0.15) is 0 Å². The summed E-state index contributed by atoms with van der Waals surface area (Å²) in [6.07, 6.45) is 10.7. The van der Waals surface area contributed by atoms with E-state index in [4.69, 9.17) is 0 Å². The molecule has 0 bridgehead atoms. The molecule has 1 N–H and O–H groups in total. The van der Waals surface area contributed by atoms with Gasteiger partial charge in [-0.1, -0.05) is 59.3 Å². The second-order valence-corrected chi connectivity index (χ2v) is 4.10. The van der Waals surface area contributed by atoms with Crippen LogP contribution in [0.4, 0.5) is 0 Å². The van der Waals surface area contributed by atoms with Gasteiger partial charge >= 0.3 is 0 Å². The van der Waals surface area contributed by atoms with Crippen molar-refractivity contribution in [2.75, 3.05) is 6.54 Å². The van der Waals surface area contributed by atoms with E-state index >= 15 is 0 Å². The standard InChI is InChI=1S/C13H28N/c1-4-7-8-9-10-11-12-13(5-2)14-6-3/h13-14H,2,4-12H2,1,3H3. The molecule has 0 rings (SSSR count). The first-order chi connectivity index (χ1) is 6.85. The Morgan fingerprint density at radius 1 is 1.00 bits per heavy atom. The molecule has 0 heterocycles. The summed E-state index contributed by atoms with van der Waals surface area (Å²) >= 11 is 0. The first-order valence-electron chi connectivity index (χ1n) is 6.37. The molecule has 1 atom stereocenters. The molecule has 0 aliphatic rings. The molecule has 0 fully saturated rings. The molecule has 0 aromatic rings. The Bertz CT molecular complexity index is 101. The first kappa shape index (κ1) is 14.0. The average molecular weight is 198 g/mol. The van der Waals surface area contributed by atoms with Gasteiger partial charge in [-0.05, 0) is 19.4 Å². The maximum Gasteiger partial charge on any atom is 0.00669 e. The summed E-state index contributed by atoms with van der Waals surface area (Å²) in [6, 6.07) is 0.658. The normalized spacial score (nSPS) is 13.1. The quantitative estimate of drug-likeness (QED) is 0.524. The third-order valence-electron chi connectivity index (χ3n) is 2.75. The monoisotopic (exact) mass is 198 g/mol. The number of nitrogens with one attached hydrogen (secondary N) is 1. The second-order valence-electron chi connectivity index (χ2n) is 4.10.